The summed E-state index contributed by atoms with van der Waals surface area (Å²) in [5.74, 6) is 0.866. The quantitative estimate of drug-likeness (QED) is 0.668. The van der Waals surface area contributed by atoms with Gasteiger partial charge in [-0.2, -0.15) is 0 Å². The second-order valence-corrected chi connectivity index (χ2v) is 8.06. The lowest BCUT2D eigenvalue weighted by molar-refractivity contribution is 0.120. The van der Waals surface area contributed by atoms with Crippen LogP contribution in [0.2, 0.25) is 0 Å². The van der Waals surface area contributed by atoms with Crippen molar-refractivity contribution >= 4 is 24.2 Å². The number of nitrogens with zero attached hydrogens (tertiary/aromatic N) is 1. The van der Waals surface area contributed by atoms with Gasteiger partial charge in [-0.25, -0.2) is 0 Å². The first-order valence-electron chi connectivity index (χ1n) is 8.87. The monoisotopic (exact) mass is 397 g/mol. The third-order valence-electron chi connectivity index (χ3n) is 4.96. The van der Waals surface area contributed by atoms with Crippen LogP contribution in [0.4, 0.5) is 0 Å². The molecule has 0 fully saturated rings. The number of aliphatic hydroxyl groups is 1. The van der Waals surface area contributed by atoms with Crippen LogP contribution < -0.4 is 0 Å². The molecule has 2 nitrogen and oxygen atoms in total. The molecule has 0 amide bonds. The van der Waals surface area contributed by atoms with Crippen LogP contribution in [-0.2, 0) is 17.9 Å². The van der Waals surface area contributed by atoms with Crippen molar-refractivity contribution in [3.8, 4) is 0 Å². The number of hydrogen-bond acceptors (Lipinski definition) is 3. The minimum Gasteiger partial charge on any atom is -0.376 e. The molecule has 0 bridgehead atoms. The second-order valence-electron chi connectivity index (χ2n) is 7.05. The lowest BCUT2D eigenvalue weighted by atomic mass is 9.77. The number of benzene rings is 3. The Labute approximate surface area is 171 Å². The fraction of sp³-hybridized carbons (Fsp3) is 0.217. The third-order valence-corrected chi connectivity index (χ3v) is 6.08. The zero-order chi connectivity index (χ0) is 18.1. The van der Waals surface area contributed by atoms with Crippen molar-refractivity contribution in [1.82, 2.24) is 4.90 Å². The van der Waals surface area contributed by atoms with Crippen LogP contribution in [0.3, 0.4) is 0 Å². The van der Waals surface area contributed by atoms with E-state index in [1.165, 1.54) is 5.56 Å². The van der Waals surface area contributed by atoms with E-state index >= 15 is 0 Å². The molecule has 1 atom stereocenters. The van der Waals surface area contributed by atoms with Crippen LogP contribution in [0.15, 0.2) is 77.7 Å². The van der Waals surface area contributed by atoms with Crippen LogP contribution in [0.1, 0.15) is 27.8 Å². The van der Waals surface area contributed by atoms with E-state index in [4.69, 9.17) is 0 Å². The normalized spacial score (nSPS) is 18.2. The SMILES string of the molecule is CN(C)Cc1ccccc1C1(O)c2ccccc2CSc2ccccc21.Cl. The molecule has 0 spiro atoms. The van der Waals surface area contributed by atoms with Crippen LogP contribution in [0.5, 0.6) is 0 Å². The van der Waals surface area contributed by atoms with E-state index in [9.17, 15) is 5.11 Å². The summed E-state index contributed by atoms with van der Waals surface area (Å²) in [6.45, 7) is 0.788. The van der Waals surface area contributed by atoms with Crippen molar-refractivity contribution in [2.45, 2.75) is 22.8 Å². The van der Waals surface area contributed by atoms with Gasteiger partial charge in [-0.15, -0.1) is 24.2 Å². The van der Waals surface area contributed by atoms with E-state index in [1.54, 1.807) is 11.8 Å². The molecule has 0 aromatic heterocycles. The number of hydrogen-bond donors (Lipinski definition) is 1. The molecule has 140 valence electrons. The summed E-state index contributed by atoms with van der Waals surface area (Å²) < 4.78 is 0. The maximum atomic E-state index is 12.3. The Balaban J connectivity index is 0.00000210. The van der Waals surface area contributed by atoms with Crippen molar-refractivity contribution in [3.05, 3.63) is 101 Å². The van der Waals surface area contributed by atoms with Gasteiger partial charge in [0.1, 0.15) is 5.60 Å². The molecule has 27 heavy (non-hydrogen) atoms. The lowest BCUT2D eigenvalue weighted by Crippen LogP contribution is -2.32. The maximum absolute atomic E-state index is 12.3. The fourth-order valence-corrected chi connectivity index (χ4v) is 4.94. The van der Waals surface area contributed by atoms with Gasteiger partial charge in [-0.1, -0.05) is 66.7 Å². The topological polar surface area (TPSA) is 23.5 Å². The molecular weight excluding hydrogens is 374 g/mol. The fourth-order valence-electron chi connectivity index (χ4n) is 3.83. The highest BCUT2D eigenvalue weighted by molar-refractivity contribution is 7.98. The summed E-state index contributed by atoms with van der Waals surface area (Å²) >= 11 is 1.80. The van der Waals surface area contributed by atoms with Gasteiger partial charge in [0, 0.05) is 22.8 Å². The van der Waals surface area contributed by atoms with Crippen LogP contribution in [-0.4, -0.2) is 24.1 Å². The van der Waals surface area contributed by atoms with Crippen molar-refractivity contribution in [2.75, 3.05) is 14.1 Å². The van der Waals surface area contributed by atoms with E-state index in [0.717, 1.165) is 39.4 Å². The van der Waals surface area contributed by atoms with Crippen LogP contribution in [0.25, 0.3) is 0 Å². The molecule has 0 saturated heterocycles. The molecular formula is C23H24ClNOS. The van der Waals surface area contributed by atoms with Gasteiger partial charge >= 0.3 is 0 Å². The molecule has 3 aromatic carbocycles. The lowest BCUT2D eigenvalue weighted by Gasteiger charge is -2.33. The Hall–Kier alpha value is -1.78. The molecule has 4 rings (SSSR count). The molecule has 4 heteroatoms. The molecule has 0 saturated carbocycles. The number of halogens is 1. The zero-order valence-corrected chi connectivity index (χ0v) is 17.2. The van der Waals surface area contributed by atoms with Gasteiger partial charge < -0.3 is 10.0 Å². The molecule has 1 heterocycles. The average molecular weight is 398 g/mol. The van der Waals surface area contributed by atoms with Crippen LogP contribution in [0, 0.1) is 0 Å². The Morgan fingerprint density at radius 3 is 2.19 bits per heavy atom. The highest BCUT2D eigenvalue weighted by atomic mass is 35.5. The van der Waals surface area contributed by atoms with Gasteiger partial charge in [0.2, 0.25) is 0 Å². The Morgan fingerprint density at radius 1 is 0.852 bits per heavy atom. The van der Waals surface area contributed by atoms with E-state index in [2.05, 4.69) is 67.5 Å². The van der Waals surface area contributed by atoms with E-state index in [-0.39, 0.29) is 12.4 Å². The summed E-state index contributed by atoms with van der Waals surface area (Å²) in [6.07, 6.45) is 0. The first-order chi connectivity index (χ1) is 12.6. The predicted molar refractivity (Wildman–Crippen MR) is 116 cm³/mol. The molecule has 1 N–H and O–H groups in total. The smallest absolute Gasteiger partial charge is 0.142 e. The summed E-state index contributed by atoms with van der Waals surface area (Å²) in [7, 11) is 4.12. The predicted octanol–water partition coefficient (Wildman–Crippen LogP) is 5.06. The zero-order valence-electron chi connectivity index (χ0n) is 15.6. The number of thioether (sulfide) groups is 1. The molecule has 0 aliphatic carbocycles. The minimum atomic E-state index is -1.15. The Kier molecular flexibility index (Phi) is 5.97. The molecule has 0 radical (unpaired) electrons. The van der Waals surface area contributed by atoms with E-state index in [1.807, 2.05) is 24.3 Å². The first kappa shape index (κ1) is 20.0. The minimum absolute atomic E-state index is 0. The van der Waals surface area contributed by atoms with Gasteiger partial charge in [-0.05, 0) is 42.4 Å². The Morgan fingerprint density at radius 2 is 1.44 bits per heavy atom. The van der Waals surface area contributed by atoms with E-state index < -0.39 is 5.60 Å². The summed E-state index contributed by atoms with van der Waals surface area (Å²) in [5.41, 5.74) is 4.12. The summed E-state index contributed by atoms with van der Waals surface area (Å²) in [5, 5.41) is 12.3. The molecule has 3 aromatic rings. The maximum Gasteiger partial charge on any atom is 0.142 e. The summed E-state index contributed by atoms with van der Waals surface area (Å²) in [6, 6.07) is 24.8. The van der Waals surface area contributed by atoms with E-state index in [0.29, 0.717) is 0 Å². The average Bonchev–Trinajstić information content (AvgIpc) is 2.78. The van der Waals surface area contributed by atoms with Gasteiger partial charge in [0.15, 0.2) is 0 Å². The number of rotatable bonds is 3. The summed E-state index contributed by atoms with van der Waals surface area (Å²) in [4.78, 5) is 3.29. The van der Waals surface area contributed by atoms with Crippen molar-refractivity contribution in [1.29, 1.82) is 0 Å². The molecule has 1 unspecified atom stereocenters. The number of fused-ring (bicyclic) bond motifs is 2. The highest BCUT2D eigenvalue weighted by Crippen LogP contribution is 2.47. The highest BCUT2D eigenvalue weighted by Gasteiger charge is 2.40. The van der Waals surface area contributed by atoms with Gasteiger partial charge in [0.25, 0.3) is 0 Å². The van der Waals surface area contributed by atoms with Crippen molar-refractivity contribution in [3.63, 3.8) is 0 Å². The van der Waals surface area contributed by atoms with Crippen molar-refractivity contribution in [2.24, 2.45) is 0 Å². The molecule has 1 aliphatic heterocycles. The van der Waals surface area contributed by atoms with Gasteiger partial charge in [0.05, 0.1) is 0 Å². The van der Waals surface area contributed by atoms with Crippen LogP contribution >= 0.6 is 24.2 Å². The van der Waals surface area contributed by atoms with Crippen molar-refractivity contribution < 1.29 is 5.11 Å². The van der Waals surface area contributed by atoms with Gasteiger partial charge in [-0.3, -0.25) is 0 Å². The second kappa shape index (κ2) is 8.07. The first-order valence-corrected chi connectivity index (χ1v) is 9.85. The largest absolute Gasteiger partial charge is 0.376 e. The standard InChI is InChI=1S/C23H23NOS.ClH/c1-24(2)15-17-9-3-5-11-19(17)23(25)20-12-6-4-10-18(20)16-26-22-14-8-7-13-21(22)23;/h3-14,25H,15-16H2,1-2H3;1H. The molecule has 1 aliphatic rings. The Bertz CT molecular complexity index is 893. The third kappa shape index (κ3) is 3.53.